The van der Waals surface area contributed by atoms with E-state index < -0.39 is 0 Å². The van der Waals surface area contributed by atoms with Crippen molar-refractivity contribution in [3.05, 3.63) is 0 Å². The predicted molar refractivity (Wildman–Crippen MR) is 66.1 cm³/mol. The van der Waals surface area contributed by atoms with Gasteiger partial charge in [-0.25, -0.2) is 0 Å². The summed E-state index contributed by atoms with van der Waals surface area (Å²) in [6.07, 6.45) is 2.38. The third-order valence-corrected chi connectivity index (χ3v) is 2.61. The van der Waals surface area contributed by atoms with Crippen molar-refractivity contribution in [1.29, 1.82) is 0 Å². The first kappa shape index (κ1) is 14.9. The lowest BCUT2D eigenvalue weighted by molar-refractivity contribution is 0.0988. The van der Waals surface area contributed by atoms with Gasteiger partial charge in [-0.05, 0) is 25.4 Å². The molecular weight excluding hydrogens is 188 g/mol. The number of nitrogens with zero attached hydrogens (tertiary/aromatic N) is 1. The monoisotopic (exact) mass is 216 g/mol. The molecule has 0 bridgehead atoms. The molecule has 0 amide bonds. The summed E-state index contributed by atoms with van der Waals surface area (Å²) in [5.74, 6) is 0.584. The first-order valence-corrected chi connectivity index (χ1v) is 6.24. The van der Waals surface area contributed by atoms with Gasteiger partial charge in [-0.15, -0.1) is 0 Å². The van der Waals surface area contributed by atoms with E-state index in [1.807, 2.05) is 0 Å². The van der Waals surface area contributed by atoms with Crippen LogP contribution in [0.25, 0.3) is 0 Å². The van der Waals surface area contributed by atoms with Crippen LogP contribution in [0, 0.1) is 5.92 Å². The van der Waals surface area contributed by atoms with Crippen molar-refractivity contribution in [2.24, 2.45) is 11.7 Å². The summed E-state index contributed by atoms with van der Waals surface area (Å²) in [4.78, 5) is 2.41. The zero-order valence-electron chi connectivity index (χ0n) is 10.7. The van der Waals surface area contributed by atoms with E-state index in [0.717, 1.165) is 39.4 Å². The highest BCUT2D eigenvalue weighted by molar-refractivity contribution is 4.61. The summed E-state index contributed by atoms with van der Waals surface area (Å²) in [5.41, 5.74) is 5.61. The number of hydrogen-bond donors (Lipinski definition) is 1. The van der Waals surface area contributed by atoms with Crippen LogP contribution in [0.1, 0.15) is 33.6 Å². The average molecular weight is 216 g/mol. The van der Waals surface area contributed by atoms with E-state index in [2.05, 4.69) is 25.7 Å². The SMILES string of the molecule is CCCCOCCN(CC)CC(C)CN. The van der Waals surface area contributed by atoms with Gasteiger partial charge in [-0.3, -0.25) is 0 Å². The second-order valence-corrected chi connectivity index (χ2v) is 4.20. The summed E-state index contributed by atoms with van der Waals surface area (Å²) in [7, 11) is 0. The normalized spacial score (nSPS) is 13.4. The Morgan fingerprint density at radius 3 is 2.53 bits per heavy atom. The van der Waals surface area contributed by atoms with Crippen LogP contribution in [-0.2, 0) is 4.74 Å². The van der Waals surface area contributed by atoms with E-state index >= 15 is 0 Å². The highest BCUT2D eigenvalue weighted by atomic mass is 16.5. The maximum absolute atomic E-state index is 5.61. The third-order valence-electron chi connectivity index (χ3n) is 2.61. The van der Waals surface area contributed by atoms with E-state index in [4.69, 9.17) is 10.5 Å². The molecule has 0 rings (SSSR count). The maximum Gasteiger partial charge on any atom is 0.0593 e. The van der Waals surface area contributed by atoms with Crippen LogP contribution >= 0.6 is 0 Å². The van der Waals surface area contributed by atoms with Gasteiger partial charge in [0.1, 0.15) is 0 Å². The molecule has 1 atom stereocenters. The van der Waals surface area contributed by atoms with Gasteiger partial charge in [-0.2, -0.15) is 0 Å². The molecule has 0 aromatic carbocycles. The number of nitrogens with two attached hydrogens (primary N) is 1. The zero-order valence-corrected chi connectivity index (χ0v) is 10.7. The summed E-state index contributed by atoms with van der Waals surface area (Å²) in [5, 5.41) is 0. The first-order chi connectivity index (χ1) is 7.24. The van der Waals surface area contributed by atoms with Gasteiger partial charge >= 0.3 is 0 Å². The molecule has 0 fully saturated rings. The van der Waals surface area contributed by atoms with Crippen LogP contribution in [0.3, 0.4) is 0 Å². The molecular formula is C12H28N2O. The summed E-state index contributed by atoms with van der Waals surface area (Å²) in [6.45, 7) is 12.3. The van der Waals surface area contributed by atoms with Crippen molar-refractivity contribution in [2.45, 2.75) is 33.6 Å². The molecule has 3 heteroatoms. The number of rotatable bonds is 10. The lowest BCUT2D eigenvalue weighted by atomic mass is 10.2. The molecule has 0 aromatic rings. The van der Waals surface area contributed by atoms with E-state index in [1.165, 1.54) is 12.8 Å². The number of likely N-dealkylation sites (N-methyl/N-ethyl adjacent to an activating group) is 1. The van der Waals surface area contributed by atoms with Crippen molar-refractivity contribution in [3.8, 4) is 0 Å². The number of unbranched alkanes of at least 4 members (excludes halogenated alkanes) is 1. The molecule has 0 aliphatic rings. The fraction of sp³-hybridized carbons (Fsp3) is 1.00. The number of ether oxygens (including phenoxy) is 1. The van der Waals surface area contributed by atoms with Crippen molar-refractivity contribution in [3.63, 3.8) is 0 Å². The Labute approximate surface area is 95.0 Å². The largest absolute Gasteiger partial charge is 0.380 e. The Kier molecular flexibility index (Phi) is 10.3. The Morgan fingerprint density at radius 1 is 1.27 bits per heavy atom. The third kappa shape index (κ3) is 8.85. The quantitative estimate of drug-likeness (QED) is 0.565. The molecule has 0 aliphatic carbocycles. The van der Waals surface area contributed by atoms with Crippen molar-refractivity contribution in [1.82, 2.24) is 4.90 Å². The van der Waals surface area contributed by atoms with E-state index in [9.17, 15) is 0 Å². The van der Waals surface area contributed by atoms with Crippen molar-refractivity contribution in [2.75, 3.05) is 39.4 Å². The van der Waals surface area contributed by atoms with Crippen LogP contribution in [0.15, 0.2) is 0 Å². The van der Waals surface area contributed by atoms with Crippen molar-refractivity contribution >= 4 is 0 Å². The van der Waals surface area contributed by atoms with Crippen LogP contribution in [-0.4, -0.2) is 44.3 Å². The highest BCUT2D eigenvalue weighted by Crippen LogP contribution is 1.98. The molecule has 0 spiro atoms. The Bertz CT molecular complexity index is 131. The molecule has 92 valence electrons. The molecule has 2 N–H and O–H groups in total. The van der Waals surface area contributed by atoms with Gasteiger partial charge in [0.2, 0.25) is 0 Å². The van der Waals surface area contributed by atoms with Crippen LogP contribution in [0.5, 0.6) is 0 Å². The summed E-state index contributed by atoms with van der Waals surface area (Å²) in [6, 6.07) is 0. The average Bonchev–Trinajstić information content (AvgIpc) is 2.26. The van der Waals surface area contributed by atoms with Gasteiger partial charge in [0.25, 0.3) is 0 Å². The summed E-state index contributed by atoms with van der Waals surface area (Å²) < 4.78 is 5.55. The van der Waals surface area contributed by atoms with Gasteiger partial charge < -0.3 is 15.4 Å². The van der Waals surface area contributed by atoms with Gasteiger partial charge in [0.15, 0.2) is 0 Å². The van der Waals surface area contributed by atoms with Gasteiger partial charge in [-0.1, -0.05) is 27.2 Å². The maximum atomic E-state index is 5.61. The minimum absolute atomic E-state index is 0.584. The molecule has 0 aliphatic heterocycles. The first-order valence-electron chi connectivity index (χ1n) is 6.24. The molecule has 15 heavy (non-hydrogen) atoms. The predicted octanol–water partition coefficient (Wildman–Crippen LogP) is 1.72. The zero-order chi connectivity index (χ0) is 11.5. The van der Waals surface area contributed by atoms with Crippen LogP contribution in [0.4, 0.5) is 0 Å². The second kappa shape index (κ2) is 10.4. The second-order valence-electron chi connectivity index (χ2n) is 4.20. The fourth-order valence-electron chi connectivity index (χ4n) is 1.44. The standard InChI is InChI=1S/C12H28N2O/c1-4-6-8-15-9-7-14(5-2)11-12(3)10-13/h12H,4-11,13H2,1-3H3. The molecule has 0 saturated carbocycles. The van der Waals surface area contributed by atoms with Crippen LogP contribution in [0.2, 0.25) is 0 Å². The van der Waals surface area contributed by atoms with Gasteiger partial charge in [0, 0.05) is 19.7 Å². The summed E-state index contributed by atoms with van der Waals surface area (Å²) >= 11 is 0. The molecule has 0 radical (unpaired) electrons. The van der Waals surface area contributed by atoms with E-state index in [1.54, 1.807) is 0 Å². The lowest BCUT2D eigenvalue weighted by Crippen LogP contribution is -2.34. The topological polar surface area (TPSA) is 38.5 Å². The molecule has 0 heterocycles. The molecule has 0 saturated heterocycles. The van der Waals surface area contributed by atoms with Crippen LogP contribution < -0.4 is 5.73 Å². The van der Waals surface area contributed by atoms with Crippen molar-refractivity contribution < 1.29 is 4.74 Å². The smallest absolute Gasteiger partial charge is 0.0593 e. The lowest BCUT2D eigenvalue weighted by Gasteiger charge is -2.23. The molecule has 3 nitrogen and oxygen atoms in total. The Hall–Kier alpha value is -0.120. The fourth-order valence-corrected chi connectivity index (χ4v) is 1.44. The molecule has 0 aromatic heterocycles. The number of hydrogen-bond acceptors (Lipinski definition) is 3. The Balaban J connectivity index is 3.44. The Morgan fingerprint density at radius 2 is 2.00 bits per heavy atom. The van der Waals surface area contributed by atoms with E-state index in [-0.39, 0.29) is 0 Å². The molecule has 1 unspecified atom stereocenters. The minimum Gasteiger partial charge on any atom is -0.380 e. The highest BCUT2D eigenvalue weighted by Gasteiger charge is 2.06. The van der Waals surface area contributed by atoms with E-state index in [0.29, 0.717) is 5.92 Å². The van der Waals surface area contributed by atoms with Gasteiger partial charge in [0.05, 0.1) is 6.61 Å². The minimum atomic E-state index is 0.584.